The molecule has 0 saturated carbocycles. The fraction of sp³-hybridized carbons (Fsp3) is 0.188. The van der Waals surface area contributed by atoms with Crippen molar-refractivity contribution in [1.29, 1.82) is 0 Å². The van der Waals surface area contributed by atoms with Crippen LogP contribution < -0.4 is 10.6 Å². The van der Waals surface area contributed by atoms with E-state index in [-0.39, 0.29) is 10.6 Å². The largest absolute Gasteiger partial charge is 0.399 e. The van der Waals surface area contributed by atoms with Crippen molar-refractivity contribution >= 4 is 28.9 Å². The summed E-state index contributed by atoms with van der Waals surface area (Å²) < 4.78 is 13.9. The van der Waals surface area contributed by atoms with E-state index < -0.39 is 11.7 Å². The molecule has 108 valence electrons. The average molecular weight is 305 g/mol. The Morgan fingerprint density at radius 1 is 1.29 bits per heavy atom. The lowest BCUT2D eigenvalue weighted by Crippen LogP contribution is -2.36. The number of hydrogen-bond acceptors (Lipinski definition) is 2. The summed E-state index contributed by atoms with van der Waals surface area (Å²) in [4.78, 5) is 14.2. The van der Waals surface area contributed by atoms with Gasteiger partial charge in [-0.3, -0.25) is 4.79 Å². The standard InChI is InChI=1S/C16H14ClFN2O/c17-12-4-1-5-13(18)15(12)16(21)20-8-2-3-10-9-11(19)6-7-14(10)20/h1,4-7,9H,2-3,8,19H2. The van der Waals surface area contributed by atoms with Gasteiger partial charge in [0.15, 0.2) is 0 Å². The molecule has 0 spiro atoms. The zero-order valence-corrected chi connectivity index (χ0v) is 12.0. The van der Waals surface area contributed by atoms with Crippen LogP contribution in [0.4, 0.5) is 15.8 Å². The maximum atomic E-state index is 13.9. The summed E-state index contributed by atoms with van der Waals surface area (Å²) in [6.45, 7) is 0.542. The van der Waals surface area contributed by atoms with Crippen LogP contribution in [0.2, 0.25) is 5.02 Å². The van der Waals surface area contributed by atoms with Gasteiger partial charge in [0.1, 0.15) is 5.82 Å². The van der Waals surface area contributed by atoms with Crippen LogP contribution in [0.5, 0.6) is 0 Å². The first-order chi connectivity index (χ1) is 10.1. The van der Waals surface area contributed by atoms with Crippen molar-refractivity contribution < 1.29 is 9.18 Å². The minimum atomic E-state index is -0.602. The Morgan fingerprint density at radius 3 is 2.86 bits per heavy atom. The molecule has 3 nitrogen and oxygen atoms in total. The van der Waals surface area contributed by atoms with Gasteiger partial charge >= 0.3 is 0 Å². The highest BCUT2D eigenvalue weighted by atomic mass is 35.5. The number of rotatable bonds is 1. The first-order valence-electron chi connectivity index (χ1n) is 6.72. The summed E-state index contributed by atoms with van der Waals surface area (Å²) in [6.07, 6.45) is 1.67. The Bertz CT molecular complexity index is 697. The number of fused-ring (bicyclic) bond motifs is 1. The first-order valence-corrected chi connectivity index (χ1v) is 7.10. The maximum absolute atomic E-state index is 13.9. The van der Waals surface area contributed by atoms with Crippen LogP contribution >= 0.6 is 11.6 Å². The number of nitrogens with two attached hydrogens (primary N) is 1. The van der Waals surface area contributed by atoms with E-state index in [1.54, 1.807) is 17.0 Å². The third-order valence-corrected chi connectivity index (χ3v) is 3.96. The minimum Gasteiger partial charge on any atom is -0.399 e. The molecular formula is C16H14ClFN2O. The Kier molecular flexibility index (Phi) is 3.55. The van der Waals surface area contributed by atoms with Crippen LogP contribution in [0.3, 0.4) is 0 Å². The van der Waals surface area contributed by atoms with E-state index in [1.165, 1.54) is 18.2 Å². The zero-order valence-electron chi connectivity index (χ0n) is 11.3. The lowest BCUT2D eigenvalue weighted by molar-refractivity contribution is 0.0981. The van der Waals surface area contributed by atoms with Gasteiger partial charge in [-0.05, 0) is 48.7 Å². The zero-order chi connectivity index (χ0) is 15.0. The summed E-state index contributed by atoms with van der Waals surface area (Å²) in [5.41, 5.74) is 8.14. The van der Waals surface area contributed by atoms with E-state index in [0.29, 0.717) is 12.2 Å². The third kappa shape index (κ3) is 2.47. The van der Waals surface area contributed by atoms with Crippen LogP contribution in [0.15, 0.2) is 36.4 Å². The highest BCUT2D eigenvalue weighted by Gasteiger charge is 2.27. The van der Waals surface area contributed by atoms with E-state index in [2.05, 4.69) is 0 Å². The van der Waals surface area contributed by atoms with Gasteiger partial charge in [0.25, 0.3) is 5.91 Å². The molecule has 2 aromatic rings. The smallest absolute Gasteiger partial charge is 0.262 e. The molecule has 21 heavy (non-hydrogen) atoms. The van der Waals surface area contributed by atoms with E-state index in [9.17, 15) is 9.18 Å². The van der Waals surface area contributed by atoms with Crippen LogP contribution in [0, 0.1) is 5.82 Å². The molecule has 0 fully saturated rings. The summed E-state index contributed by atoms with van der Waals surface area (Å²) in [5.74, 6) is -1.01. The molecule has 1 amide bonds. The fourth-order valence-corrected chi connectivity index (χ4v) is 2.91. The predicted octanol–water partition coefficient (Wildman–Crippen LogP) is 3.65. The predicted molar refractivity (Wildman–Crippen MR) is 82.3 cm³/mol. The van der Waals surface area contributed by atoms with Crippen molar-refractivity contribution in [2.24, 2.45) is 0 Å². The molecule has 0 atom stereocenters. The normalized spacial score (nSPS) is 13.9. The van der Waals surface area contributed by atoms with Crippen LogP contribution in [0.1, 0.15) is 22.3 Å². The molecule has 2 aromatic carbocycles. The van der Waals surface area contributed by atoms with Gasteiger partial charge in [0, 0.05) is 17.9 Å². The van der Waals surface area contributed by atoms with Gasteiger partial charge in [0.05, 0.1) is 10.6 Å². The van der Waals surface area contributed by atoms with Crippen LogP contribution in [0.25, 0.3) is 0 Å². The van der Waals surface area contributed by atoms with E-state index in [4.69, 9.17) is 17.3 Å². The van der Waals surface area contributed by atoms with Crippen molar-refractivity contribution in [3.8, 4) is 0 Å². The number of halogens is 2. The number of hydrogen-bond donors (Lipinski definition) is 1. The molecule has 3 rings (SSSR count). The van der Waals surface area contributed by atoms with Crippen molar-refractivity contribution in [3.63, 3.8) is 0 Å². The van der Waals surface area contributed by atoms with E-state index in [0.717, 1.165) is 24.1 Å². The topological polar surface area (TPSA) is 46.3 Å². The molecule has 5 heteroatoms. The highest BCUT2D eigenvalue weighted by Crippen LogP contribution is 2.31. The second kappa shape index (κ2) is 5.37. The molecular weight excluding hydrogens is 291 g/mol. The molecule has 0 saturated heterocycles. The number of nitrogen functional groups attached to an aromatic ring is 1. The SMILES string of the molecule is Nc1ccc2c(c1)CCCN2C(=O)c1c(F)cccc1Cl. The molecule has 1 aliphatic heterocycles. The van der Waals surface area contributed by atoms with E-state index in [1.807, 2.05) is 6.07 Å². The number of aryl methyl sites for hydroxylation is 1. The van der Waals surface area contributed by atoms with Crippen molar-refractivity contribution in [2.75, 3.05) is 17.2 Å². The summed E-state index contributed by atoms with van der Waals surface area (Å²) in [6, 6.07) is 9.65. The average Bonchev–Trinajstić information content (AvgIpc) is 2.46. The monoisotopic (exact) mass is 304 g/mol. The first kappa shape index (κ1) is 13.9. The third-order valence-electron chi connectivity index (χ3n) is 3.64. The summed E-state index contributed by atoms with van der Waals surface area (Å²) >= 11 is 5.99. The number of anilines is 2. The molecule has 0 aliphatic carbocycles. The van der Waals surface area contributed by atoms with Crippen molar-refractivity contribution in [1.82, 2.24) is 0 Å². The summed E-state index contributed by atoms with van der Waals surface area (Å²) in [7, 11) is 0. The minimum absolute atomic E-state index is 0.0798. The van der Waals surface area contributed by atoms with Gasteiger partial charge < -0.3 is 10.6 Å². The molecule has 0 unspecified atom stereocenters. The van der Waals surface area contributed by atoms with Gasteiger partial charge in [-0.15, -0.1) is 0 Å². The second-order valence-corrected chi connectivity index (χ2v) is 5.45. The molecule has 1 aliphatic rings. The Balaban J connectivity index is 2.05. The van der Waals surface area contributed by atoms with Crippen molar-refractivity contribution in [2.45, 2.75) is 12.8 Å². The maximum Gasteiger partial charge on any atom is 0.262 e. The van der Waals surface area contributed by atoms with E-state index >= 15 is 0 Å². The Labute approximate surface area is 127 Å². The molecule has 2 N–H and O–H groups in total. The van der Waals surface area contributed by atoms with Gasteiger partial charge in [-0.1, -0.05) is 17.7 Å². The Hall–Kier alpha value is -2.07. The van der Waals surface area contributed by atoms with Crippen LogP contribution in [-0.2, 0) is 6.42 Å². The number of carbonyl (C=O) groups is 1. The molecule has 1 heterocycles. The van der Waals surface area contributed by atoms with Gasteiger partial charge in [0.2, 0.25) is 0 Å². The number of benzene rings is 2. The highest BCUT2D eigenvalue weighted by molar-refractivity contribution is 6.34. The molecule has 0 radical (unpaired) electrons. The van der Waals surface area contributed by atoms with Crippen LogP contribution in [-0.4, -0.2) is 12.5 Å². The van der Waals surface area contributed by atoms with Gasteiger partial charge in [-0.2, -0.15) is 0 Å². The quantitative estimate of drug-likeness (QED) is 0.817. The summed E-state index contributed by atoms with van der Waals surface area (Å²) in [5, 5.41) is 0.127. The molecule has 0 aromatic heterocycles. The molecule has 0 bridgehead atoms. The lowest BCUT2D eigenvalue weighted by Gasteiger charge is -2.30. The number of amides is 1. The second-order valence-electron chi connectivity index (χ2n) is 5.05. The number of carbonyl (C=O) groups excluding carboxylic acids is 1. The van der Waals surface area contributed by atoms with Crippen molar-refractivity contribution in [3.05, 3.63) is 58.4 Å². The fourth-order valence-electron chi connectivity index (χ4n) is 2.67. The lowest BCUT2D eigenvalue weighted by atomic mass is 10.00. The van der Waals surface area contributed by atoms with Gasteiger partial charge in [-0.25, -0.2) is 4.39 Å². The Morgan fingerprint density at radius 2 is 2.10 bits per heavy atom. The number of nitrogens with zero attached hydrogens (tertiary/aromatic N) is 1.